The van der Waals surface area contributed by atoms with Gasteiger partial charge in [-0.25, -0.2) is 4.79 Å². The van der Waals surface area contributed by atoms with Crippen molar-refractivity contribution in [2.45, 2.75) is 31.7 Å². The van der Waals surface area contributed by atoms with E-state index in [9.17, 15) is 4.79 Å². The van der Waals surface area contributed by atoms with Gasteiger partial charge in [-0.3, -0.25) is 0 Å². The van der Waals surface area contributed by atoms with E-state index in [-0.39, 0.29) is 18.7 Å². The molecule has 1 aliphatic rings. The maximum Gasteiger partial charge on any atom is 0.315 e. The van der Waals surface area contributed by atoms with Crippen molar-refractivity contribution in [3.05, 3.63) is 12.7 Å². The van der Waals surface area contributed by atoms with Crippen molar-refractivity contribution in [2.24, 2.45) is 5.92 Å². The number of nitrogens with one attached hydrogen (secondary N) is 2. The van der Waals surface area contributed by atoms with Crippen molar-refractivity contribution in [1.29, 1.82) is 0 Å². The number of rotatable bonds is 4. The van der Waals surface area contributed by atoms with Crippen LogP contribution in [0.25, 0.3) is 0 Å². The molecule has 4 nitrogen and oxygen atoms in total. The first-order valence-corrected chi connectivity index (χ1v) is 5.52. The molecule has 0 spiro atoms. The lowest BCUT2D eigenvalue weighted by Gasteiger charge is -2.27. The van der Waals surface area contributed by atoms with Crippen LogP contribution in [0.15, 0.2) is 12.7 Å². The summed E-state index contributed by atoms with van der Waals surface area (Å²) in [5, 5.41) is 14.6. The molecule has 0 heterocycles. The maximum atomic E-state index is 11.3. The quantitative estimate of drug-likeness (QED) is 0.609. The highest BCUT2D eigenvalue weighted by atomic mass is 16.3. The zero-order chi connectivity index (χ0) is 11.1. The Balaban J connectivity index is 2.17. The van der Waals surface area contributed by atoms with Gasteiger partial charge in [-0.1, -0.05) is 6.08 Å². The van der Waals surface area contributed by atoms with Gasteiger partial charge in [0, 0.05) is 19.2 Å². The van der Waals surface area contributed by atoms with Crippen molar-refractivity contribution in [2.75, 3.05) is 13.2 Å². The lowest BCUT2D eigenvalue weighted by atomic mass is 9.87. The average molecular weight is 212 g/mol. The first kappa shape index (κ1) is 12.0. The normalized spacial score (nSPS) is 25.7. The van der Waals surface area contributed by atoms with Crippen molar-refractivity contribution < 1.29 is 9.90 Å². The minimum absolute atomic E-state index is 0.123. The summed E-state index contributed by atoms with van der Waals surface area (Å²) in [5.41, 5.74) is 0. The topological polar surface area (TPSA) is 61.4 Å². The van der Waals surface area contributed by atoms with Crippen LogP contribution in [0.3, 0.4) is 0 Å². The fourth-order valence-corrected chi connectivity index (χ4v) is 1.89. The predicted molar refractivity (Wildman–Crippen MR) is 59.6 cm³/mol. The van der Waals surface area contributed by atoms with E-state index < -0.39 is 0 Å². The summed E-state index contributed by atoms with van der Waals surface area (Å²) < 4.78 is 0. The van der Waals surface area contributed by atoms with Gasteiger partial charge in [-0.15, -0.1) is 6.58 Å². The number of hydrogen-bond donors (Lipinski definition) is 3. The molecule has 0 radical (unpaired) electrons. The van der Waals surface area contributed by atoms with Crippen molar-refractivity contribution >= 4 is 6.03 Å². The highest BCUT2D eigenvalue weighted by Gasteiger charge is 2.21. The number of urea groups is 1. The van der Waals surface area contributed by atoms with Gasteiger partial charge < -0.3 is 15.7 Å². The molecule has 15 heavy (non-hydrogen) atoms. The third-order valence-electron chi connectivity index (χ3n) is 2.85. The van der Waals surface area contributed by atoms with E-state index in [2.05, 4.69) is 17.2 Å². The van der Waals surface area contributed by atoms with E-state index in [0.29, 0.717) is 12.5 Å². The zero-order valence-corrected chi connectivity index (χ0v) is 9.04. The van der Waals surface area contributed by atoms with Gasteiger partial charge in [0.1, 0.15) is 0 Å². The first-order valence-electron chi connectivity index (χ1n) is 5.52. The van der Waals surface area contributed by atoms with E-state index in [1.165, 1.54) is 0 Å². The highest BCUT2D eigenvalue weighted by Crippen LogP contribution is 2.23. The lowest BCUT2D eigenvalue weighted by Crippen LogP contribution is -2.43. The van der Waals surface area contributed by atoms with Crippen LogP contribution in [-0.2, 0) is 0 Å². The maximum absolute atomic E-state index is 11.3. The van der Waals surface area contributed by atoms with Gasteiger partial charge >= 0.3 is 6.03 Å². The van der Waals surface area contributed by atoms with E-state index in [1.807, 2.05) is 0 Å². The van der Waals surface area contributed by atoms with Gasteiger partial charge in [0.15, 0.2) is 0 Å². The minimum Gasteiger partial charge on any atom is -0.396 e. The highest BCUT2D eigenvalue weighted by molar-refractivity contribution is 5.74. The van der Waals surface area contributed by atoms with Gasteiger partial charge in [0.25, 0.3) is 0 Å². The van der Waals surface area contributed by atoms with Gasteiger partial charge in [0.2, 0.25) is 0 Å². The molecule has 1 fully saturated rings. The zero-order valence-electron chi connectivity index (χ0n) is 9.04. The Morgan fingerprint density at radius 2 is 2.07 bits per heavy atom. The standard InChI is InChI=1S/C11H20N2O2/c1-2-7-12-11(15)13-10-5-3-9(8-14)4-6-10/h2,9-10,14H,1,3-8H2,(H2,12,13,15). The SMILES string of the molecule is C=CCNC(=O)NC1CCC(CO)CC1. The van der Waals surface area contributed by atoms with Crippen LogP contribution >= 0.6 is 0 Å². The van der Waals surface area contributed by atoms with Crippen LogP contribution < -0.4 is 10.6 Å². The predicted octanol–water partition coefficient (Wildman–Crippen LogP) is 1.02. The first-order chi connectivity index (χ1) is 7.26. The summed E-state index contributed by atoms with van der Waals surface area (Å²) in [6, 6.07) is 0.139. The van der Waals surface area contributed by atoms with E-state index in [0.717, 1.165) is 25.7 Å². The third kappa shape index (κ3) is 4.34. The molecular formula is C11H20N2O2. The van der Waals surface area contributed by atoms with Crippen LogP contribution in [0.5, 0.6) is 0 Å². The van der Waals surface area contributed by atoms with Crippen LogP contribution in [0, 0.1) is 5.92 Å². The molecule has 0 atom stereocenters. The average Bonchev–Trinajstić information content (AvgIpc) is 2.27. The summed E-state index contributed by atoms with van der Waals surface area (Å²) in [5.74, 6) is 0.430. The number of aliphatic hydroxyl groups is 1. The molecule has 1 aliphatic carbocycles. The van der Waals surface area contributed by atoms with Crippen molar-refractivity contribution in [3.8, 4) is 0 Å². The second-order valence-corrected chi connectivity index (χ2v) is 4.04. The molecular weight excluding hydrogens is 192 g/mol. The number of amides is 2. The molecule has 4 heteroatoms. The summed E-state index contributed by atoms with van der Waals surface area (Å²) in [7, 11) is 0. The van der Waals surface area contributed by atoms with Gasteiger partial charge in [0.05, 0.1) is 0 Å². The summed E-state index contributed by atoms with van der Waals surface area (Å²) in [4.78, 5) is 11.3. The molecule has 1 rings (SSSR count). The molecule has 0 aromatic carbocycles. The molecule has 0 unspecified atom stereocenters. The summed E-state index contributed by atoms with van der Waals surface area (Å²) in [6.07, 6.45) is 5.59. The van der Waals surface area contributed by atoms with E-state index in [4.69, 9.17) is 5.11 Å². The second-order valence-electron chi connectivity index (χ2n) is 4.04. The third-order valence-corrected chi connectivity index (χ3v) is 2.85. The smallest absolute Gasteiger partial charge is 0.315 e. The molecule has 0 bridgehead atoms. The largest absolute Gasteiger partial charge is 0.396 e. The number of carbonyl (C=O) groups excluding carboxylic acids is 1. The fraction of sp³-hybridized carbons (Fsp3) is 0.727. The van der Waals surface area contributed by atoms with E-state index in [1.54, 1.807) is 6.08 Å². The van der Waals surface area contributed by atoms with Crippen LogP contribution in [0.2, 0.25) is 0 Å². The molecule has 0 saturated heterocycles. The van der Waals surface area contributed by atoms with Crippen LogP contribution in [-0.4, -0.2) is 30.3 Å². The molecule has 0 aromatic rings. The Hall–Kier alpha value is -1.03. The molecule has 86 valence electrons. The second kappa shape index (κ2) is 6.45. The van der Waals surface area contributed by atoms with E-state index >= 15 is 0 Å². The van der Waals surface area contributed by atoms with Crippen LogP contribution in [0.1, 0.15) is 25.7 Å². The minimum atomic E-state index is -0.123. The molecule has 3 N–H and O–H groups in total. The van der Waals surface area contributed by atoms with Gasteiger partial charge in [-0.2, -0.15) is 0 Å². The van der Waals surface area contributed by atoms with Crippen molar-refractivity contribution in [3.63, 3.8) is 0 Å². The Bertz CT molecular complexity index is 211. The Morgan fingerprint density at radius 3 is 2.60 bits per heavy atom. The van der Waals surface area contributed by atoms with Crippen molar-refractivity contribution in [1.82, 2.24) is 10.6 Å². The Labute approximate surface area is 90.7 Å². The fourth-order valence-electron chi connectivity index (χ4n) is 1.89. The van der Waals surface area contributed by atoms with Gasteiger partial charge in [-0.05, 0) is 31.6 Å². The number of hydrogen-bond acceptors (Lipinski definition) is 2. The number of carbonyl (C=O) groups is 1. The lowest BCUT2D eigenvalue weighted by molar-refractivity contribution is 0.174. The number of aliphatic hydroxyl groups excluding tert-OH is 1. The van der Waals surface area contributed by atoms with Crippen LogP contribution in [0.4, 0.5) is 4.79 Å². The monoisotopic (exact) mass is 212 g/mol. The summed E-state index contributed by atoms with van der Waals surface area (Å²) in [6.45, 7) is 4.30. The molecule has 1 saturated carbocycles. The molecule has 0 aliphatic heterocycles. The summed E-state index contributed by atoms with van der Waals surface area (Å²) >= 11 is 0. The Morgan fingerprint density at radius 1 is 1.40 bits per heavy atom. The molecule has 2 amide bonds. The Kier molecular flexibility index (Phi) is 5.18. The molecule has 0 aromatic heterocycles.